The molecule has 1 aromatic rings. The van der Waals surface area contributed by atoms with Crippen LogP contribution in [0.3, 0.4) is 0 Å². The van der Waals surface area contributed by atoms with Crippen molar-refractivity contribution in [2.45, 2.75) is 31.5 Å². The van der Waals surface area contributed by atoms with E-state index in [1.807, 2.05) is 10.2 Å². The van der Waals surface area contributed by atoms with Gasteiger partial charge in [0.1, 0.15) is 12.4 Å². The van der Waals surface area contributed by atoms with E-state index < -0.39 is 24.7 Å². The zero-order valence-electron chi connectivity index (χ0n) is 13.4. The minimum atomic E-state index is -4.54. The molecule has 1 unspecified atom stereocenters. The van der Waals surface area contributed by atoms with Crippen molar-refractivity contribution in [3.05, 3.63) is 35.6 Å². The smallest absolute Gasteiger partial charge is 0.329 e. The van der Waals surface area contributed by atoms with E-state index in [4.69, 9.17) is 0 Å². The van der Waals surface area contributed by atoms with Gasteiger partial charge in [0.15, 0.2) is 0 Å². The van der Waals surface area contributed by atoms with Crippen molar-refractivity contribution >= 4 is 11.9 Å². The largest absolute Gasteiger partial charge is 0.405 e. The number of hydrogen-bond donors (Lipinski definition) is 2. The number of hydrogen-bond acceptors (Lipinski definition) is 3. The van der Waals surface area contributed by atoms with Crippen molar-refractivity contribution in [3.8, 4) is 0 Å². The Kier molecular flexibility index (Phi) is 6.35. The van der Waals surface area contributed by atoms with E-state index in [0.717, 1.165) is 18.4 Å². The van der Waals surface area contributed by atoms with Crippen LogP contribution in [0.4, 0.5) is 22.4 Å². The summed E-state index contributed by atoms with van der Waals surface area (Å²) in [5.74, 6) is -1.01. The Morgan fingerprint density at radius 3 is 2.72 bits per heavy atom. The Bertz CT molecular complexity index is 622. The van der Waals surface area contributed by atoms with Crippen LogP contribution < -0.4 is 10.6 Å². The van der Waals surface area contributed by atoms with Crippen LogP contribution in [0.1, 0.15) is 18.4 Å². The maximum absolute atomic E-state index is 13.2. The number of halogens is 4. The third kappa shape index (κ3) is 6.69. The minimum absolute atomic E-state index is 0.0192. The zero-order valence-corrected chi connectivity index (χ0v) is 13.4. The summed E-state index contributed by atoms with van der Waals surface area (Å²) in [5.41, 5.74) is 0.806. The summed E-state index contributed by atoms with van der Waals surface area (Å²) < 4.78 is 49.3. The number of nitrogens with one attached hydrogen (secondary N) is 2. The fourth-order valence-electron chi connectivity index (χ4n) is 2.85. The van der Waals surface area contributed by atoms with Gasteiger partial charge in [0.05, 0.1) is 6.54 Å². The molecule has 1 heterocycles. The Labute approximate surface area is 142 Å². The van der Waals surface area contributed by atoms with Crippen LogP contribution in [0.25, 0.3) is 0 Å². The van der Waals surface area contributed by atoms with Crippen LogP contribution in [0.2, 0.25) is 0 Å². The second kappa shape index (κ2) is 8.28. The molecule has 0 saturated carbocycles. The lowest BCUT2D eigenvalue weighted by molar-refractivity contribution is -0.125. The number of rotatable bonds is 5. The summed E-state index contributed by atoms with van der Waals surface area (Å²) in [6.07, 6.45) is -2.30. The maximum Gasteiger partial charge on any atom is 0.405 e. The highest BCUT2D eigenvalue weighted by Crippen LogP contribution is 2.21. The lowest BCUT2D eigenvalue weighted by Gasteiger charge is -2.23. The van der Waals surface area contributed by atoms with E-state index in [1.54, 1.807) is 17.4 Å². The number of imide groups is 1. The third-order valence-electron chi connectivity index (χ3n) is 3.91. The molecule has 3 amide bonds. The van der Waals surface area contributed by atoms with Crippen LogP contribution in [-0.4, -0.2) is 48.7 Å². The topological polar surface area (TPSA) is 61.4 Å². The summed E-state index contributed by atoms with van der Waals surface area (Å²) in [6, 6.07) is 5.03. The van der Waals surface area contributed by atoms with E-state index in [-0.39, 0.29) is 18.4 Å². The lowest BCUT2D eigenvalue weighted by Crippen LogP contribution is -2.47. The number of nitrogens with zero attached hydrogens (tertiary/aromatic N) is 1. The van der Waals surface area contributed by atoms with E-state index in [2.05, 4.69) is 0 Å². The average Bonchev–Trinajstić information content (AvgIpc) is 2.91. The molecule has 1 aliphatic rings. The molecule has 0 aliphatic carbocycles. The summed E-state index contributed by atoms with van der Waals surface area (Å²) in [6.45, 7) is -0.963. The van der Waals surface area contributed by atoms with Gasteiger partial charge < -0.3 is 5.32 Å². The summed E-state index contributed by atoms with van der Waals surface area (Å²) >= 11 is 0. The highest BCUT2D eigenvalue weighted by molar-refractivity contribution is 5.95. The molecule has 1 aliphatic heterocycles. The first kappa shape index (κ1) is 19.2. The lowest BCUT2D eigenvalue weighted by atomic mass is 10.0. The molecule has 0 aromatic heterocycles. The van der Waals surface area contributed by atoms with Gasteiger partial charge in [-0.25, -0.2) is 9.18 Å². The van der Waals surface area contributed by atoms with Crippen molar-refractivity contribution in [1.29, 1.82) is 0 Å². The van der Waals surface area contributed by atoms with Gasteiger partial charge in [-0.2, -0.15) is 13.2 Å². The standard InChI is InChI=1S/C16H19F4N3O2/c17-12-4-1-3-11(7-12)8-13-5-2-6-23(13)9-14(24)22-15(25)21-10-16(18,19)20/h1,3-4,7,13H,2,5-6,8-10H2,(H2,21,22,24,25). The molecule has 25 heavy (non-hydrogen) atoms. The zero-order chi connectivity index (χ0) is 18.4. The van der Waals surface area contributed by atoms with Crippen molar-refractivity contribution in [2.75, 3.05) is 19.6 Å². The molecular weight excluding hydrogens is 342 g/mol. The third-order valence-corrected chi connectivity index (χ3v) is 3.91. The SMILES string of the molecule is O=C(CN1CCCC1Cc1cccc(F)c1)NC(=O)NCC(F)(F)F. The highest BCUT2D eigenvalue weighted by atomic mass is 19.4. The molecule has 2 rings (SSSR count). The molecule has 1 fully saturated rings. The number of urea groups is 1. The first-order valence-electron chi connectivity index (χ1n) is 7.86. The molecule has 0 spiro atoms. The van der Waals surface area contributed by atoms with Crippen LogP contribution in [0.5, 0.6) is 0 Å². The van der Waals surface area contributed by atoms with E-state index in [0.29, 0.717) is 13.0 Å². The number of amides is 3. The maximum atomic E-state index is 13.2. The molecule has 1 aromatic carbocycles. The van der Waals surface area contributed by atoms with Crippen LogP contribution in [-0.2, 0) is 11.2 Å². The Hall–Kier alpha value is -2.16. The van der Waals surface area contributed by atoms with Gasteiger partial charge in [0.25, 0.3) is 0 Å². The predicted molar refractivity (Wildman–Crippen MR) is 82.3 cm³/mol. The van der Waals surface area contributed by atoms with Crippen LogP contribution >= 0.6 is 0 Å². The predicted octanol–water partition coefficient (Wildman–Crippen LogP) is 2.22. The Morgan fingerprint density at radius 2 is 2.04 bits per heavy atom. The fraction of sp³-hybridized carbons (Fsp3) is 0.500. The minimum Gasteiger partial charge on any atom is -0.329 e. The average molecular weight is 361 g/mol. The number of benzene rings is 1. The van der Waals surface area contributed by atoms with Gasteiger partial charge in [0.2, 0.25) is 5.91 Å². The number of carbonyl (C=O) groups excluding carboxylic acids is 2. The number of carbonyl (C=O) groups is 2. The highest BCUT2D eigenvalue weighted by Gasteiger charge is 2.29. The molecule has 5 nitrogen and oxygen atoms in total. The Morgan fingerprint density at radius 1 is 1.28 bits per heavy atom. The molecule has 1 saturated heterocycles. The van der Waals surface area contributed by atoms with E-state index in [9.17, 15) is 27.2 Å². The molecule has 9 heteroatoms. The molecule has 2 N–H and O–H groups in total. The molecule has 138 valence electrons. The summed E-state index contributed by atoms with van der Waals surface area (Å²) in [7, 11) is 0. The fourth-order valence-corrected chi connectivity index (χ4v) is 2.85. The first-order valence-corrected chi connectivity index (χ1v) is 7.86. The molecule has 1 atom stereocenters. The second-order valence-corrected chi connectivity index (χ2v) is 5.95. The van der Waals surface area contributed by atoms with Crippen molar-refractivity contribution in [2.24, 2.45) is 0 Å². The van der Waals surface area contributed by atoms with Gasteiger partial charge in [-0.15, -0.1) is 0 Å². The molecular formula is C16H19F4N3O2. The summed E-state index contributed by atoms with van der Waals surface area (Å²) in [4.78, 5) is 25.0. The first-order chi connectivity index (χ1) is 11.7. The number of alkyl halides is 3. The van der Waals surface area contributed by atoms with Crippen molar-refractivity contribution < 1.29 is 27.2 Å². The summed E-state index contributed by atoms with van der Waals surface area (Å²) in [5, 5.41) is 3.46. The second-order valence-electron chi connectivity index (χ2n) is 5.95. The molecule has 0 radical (unpaired) electrons. The molecule has 0 bridgehead atoms. The van der Waals surface area contributed by atoms with Gasteiger partial charge in [-0.05, 0) is 43.5 Å². The monoisotopic (exact) mass is 361 g/mol. The van der Waals surface area contributed by atoms with E-state index >= 15 is 0 Å². The van der Waals surface area contributed by atoms with Crippen molar-refractivity contribution in [3.63, 3.8) is 0 Å². The van der Waals surface area contributed by atoms with E-state index in [1.165, 1.54) is 12.1 Å². The Balaban J connectivity index is 1.82. The number of likely N-dealkylation sites (tertiary alicyclic amines) is 1. The van der Waals surface area contributed by atoms with Crippen LogP contribution in [0, 0.1) is 5.82 Å². The van der Waals surface area contributed by atoms with Gasteiger partial charge in [-0.1, -0.05) is 12.1 Å². The van der Waals surface area contributed by atoms with Gasteiger partial charge >= 0.3 is 12.2 Å². The van der Waals surface area contributed by atoms with Gasteiger partial charge in [0, 0.05) is 6.04 Å². The van der Waals surface area contributed by atoms with Gasteiger partial charge in [-0.3, -0.25) is 15.0 Å². The van der Waals surface area contributed by atoms with Crippen molar-refractivity contribution in [1.82, 2.24) is 15.5 Å². The van der Waals surface area contributed by atoms with Crippen LogP contribution in [0.15, 0.2) is 24.3 Å². The quantitative estimate of drug-likeness (QED) is 0.791. The normalized spacial score (nSPS) is 18.2.